The van der Waals surface area contributed by atoms with Gasteiger partial charge in [0.15, 0.2) is 0 Å². The fourth-order valence-electron chi connectivity index (χ4n) is 3.73. The van der Waals surface area contributed by atoms with Crippen molar-refractivity contribution in [2.75, 3.05) is 17.6 Å². The number of ether oxygens (including phenoxy) is 1. The van der Waals surface area contributed by atoms with Crippen LogP contribution < -0.4 is 10.0 Å². The van der Waals surface area contributed by atoms with Gasteiger partial charge in [-0.2, -0.15) is 0 Å². The smallest absolute Gasteiger partial charge is 0.407 e. The lowest BCUT2D eigenvalue weighted by Gasteiger charge is -2.13. The van der Waals surface area contributed by atoms with Crippen molar-refractivity contribution in [1.82, 2.24) is 25.3 Å². The van der Waals surface area contributed by atoms with E-state index in [4.69, 9.17) is 16.6 Å². The van der Waals surface area contributed by atoms with Crippen molar-refractivity contribution in [3.63, 3.8) is 0 Å². The standard InChI is InChI=1S/C24H28ClFN6O4S/c1-4-37(34,35)32-18-12-15(26)11-16(20(18)25)21-22(31-23(30-21)14-6-7-14)17-9-10-27-19(29-17)8-5-13(2)28-24(33)36-3/h9-14,32H,4-8H2,1-3H3,(H,28,33)(H,30,31)/t13-/m0/s1. The molecule has 1 atom stereocenters. The van der Waals surface area contributed by atoms with Gasteiger partial charge in [0.1, 0.15) is 17.5 Å². The SMILES string of the molecule is CCS(=O)(=O)Nc1cc(F)cc(-c2nc(C3CC3)[nH]c2-c2ccnc(CC[C@H](C)NC(=O)OC)n2)c1Cl. The van der Waals surface area contributed by atoms with Gasteiger partial charge in [0, 0.05) is 30.1 Å². The van der Waals surface area contributed by atoms with Crippen LogP contribution in [0.2, 0.25) is 5.02 Å². The fraction of sp³-hybridized carbons (Fsp3) is 0.417. The predicted molar refractivity (Wildman–Crippen MR) is 138 cm³/mol. The number of rotatable bonds is 10. The summed E-state index contributed by atoms with van der Waals surface area (Å²) in [5.41, 5.74) is 1.61. The molecule has 0 unspecified atom stereocenters. The van der Waals surface area contributed by atoms with Gasteiger partial charge in [-0.05, 0) is 51.3 Å². The number of aryl methyl sites for hydroxylation is 1. The average molecular weight is 551 g/mol. The number of benzene rings is 1. The Balaban J connectivity index is 1.70. The molecule has 2 heterocycles. The molecular formula is C24H28ClFN6O4S. The molecule has 13 heteroatoms. The fourth-order valence-corrected chi connectivity index (χ4v) is 4.68. The molecule has 0 radical (unpaired) electrons. The molecule has 10 nitrogen and oxygen atoms in total. The van der Waals surface area contributed by atoms with Gasteiger partial charge in [-0.15, -0.1) is 0 Å². The number of nitrogens with zero attached hydrogens (tertiary/aromatic N) is 3. The van der Waals surface area contributed by atoms with E-state index < -0.39 is 21.9 Å². The minimum absolute atomic E-state index is 0.0329. The Hall–Kier alpha value is -3.25. The van der Waals surface area contributed by atoms with Crippen LogP contribution in [0, 0.1) is 5.82 Å². The molecule has 0 saturated heterocycles. The molecule has 0 bridgehead atoms. The highest BCUT2D eigenvalue weighted by Crippen LogP contribution is 2.43. The zero-order chi connectivity index (χ0) is 26.7. The van der Waals surface area contributed by atoms with Crippen molar-refractivity contribution in [3.8, 4) is 22.6 Å². The Morgan fingerprint density at radius 3 is 2.76 bits per heavy atom. The van der Waals surface area contributed by atoms with Crippen LogP contribution in [0.4, 0.5) is 14.9 Å². The van der Waals surface area contributed by atoms with E-state index in [-0.39, 0.29) is 34.0 Å². The van der Waals surface area contributed by atoms with Gasteiger partial charge in [-0.25, -0.2) is 32.6 Å². The Bertz CT molecular complexity index is 1410. The van der Waals surface area contributed by atoms with E-state index in [9.17, 15) is 17.6 Å². The summed E-state index contributed by atoms with van der Waals surface area (Å²) in [7, 11) is -2.38. The predicted octanol–water partition coefficient (Wildman–Crippen LogP) is 4.64. The maximum atomic E-state index is 14.6. The summed E-state index contributed by atoms with van der Waals surface area (Å²) in [4.78, 5) is 28.5. The number of alkyl carbamates (subject to hydrolysis) is 1. The van der Waals surface area contributed by atoms with Gasteiger partial charge in [-0.3, -0.25) is 4.72 Å². The van der Waals surface area contributed by atoms with E-state index in [1.54, 1.807) is 12.3 Å². The second-order valence-corrected chi connectivity index (χ2v) is 11.3. The quantitative estimate of drug-likeness (QED) is 0.334. The number of aromatic amines is 1. The average Bonchev–Trinajstić information content (AvgIpc) is 3.63. The molecule has 0 spiro atoms. The summed E-state index contributed by atoms with van der Waals surface area (Å²) in [6, 6.07) is 3.83. The number of anilines is 1. The van der Waals surface area contributed by atoms with Crippen LogP contribution in [0.1, 0.15) is 50.7 Å². The number of carbonyl (C=O) groups is 1. The van der Waals surface area contributed by atoms with Crippen LogP contribution >= 0.6 is 11.6 Å². The van der Waals surface area contributed by atoms with E-state index in [0.29, 0.717) is 35.7 Å². The van der Waals surface area contributed by atoms with E-state index >= 15 is 0 Å². The number of amides is 1. The third-order valence-corrected chi connectivity index (χ3v) is 7.63. The Morgan fingerprint density at radius 1 is 1.32 bits per heavy atom. The van der Waals surface area contributed by atoms with E-state index in [0.717, 1.165) is 24.7 Å². The maximum Gasteiger partial charge on any atom is 0.407 e. The first kappa shape index (κ1) is 26.8. The number of hydrogen-bond donors (Lipinski definition) is 3. The van der Waals surface area contributed by atoms with E-state index in [1.807, 2.05) is 6.92 Å². The molecule has 198 valence electrons. The highest BCUT2D eigenvalue weighted by atomic mass is 35.5. The van der Waals surface area contributed by atoms with Crippen LogP contribution in [0.3, 0.4) is 0 Å². The molecule has 1 fully saturated rings. The lowest BCUT2D eigenvalue weighted by atomic mass is 10.1. The van der Waals surface area contributed by atoms with Crippen LogP contribution in [-0.4, -0.2) is 53.4 Å². The Labute approximate surface area is 219 Å². The van der Waals surface area contributed by atoms with Gasteiger partial charge < -0.3 is 15.0 Å². The number of carbonyl (C=O) groups excluding carboxylic acids is 1. The number of nitrogens with one attached hydrogen (secondary N) is 3. The number of methoxy groups -OCH3 is 1. The number of imidazole rings is 1. The second-order valence-electron chi connectivity index (χ2n) is 8.87. The Kier molecular flexibility index (Phi) is 7.98. The first-order valence-electron chi connectivity index (χ1n) is 11.9. The topological polar surface area (TPSA) is 139 Å². The lowest BCUT2D eigenvalue weighted by molar-refractivity contribution is 0.167. The summed E-state index contributed by atoms with van der Waals surface area (Å²) in [5, 5.41) is 2.74. The van der Waals surface area contributed by atoms with Gasteiger partial charge in [0.25, 0.3) is 0 Å². The first-order valence-corrected chi connectivity index (χ1v) is 13.9. The summed E-state index contributed by atoms with van der Waals surface area (Å²) in [6.07, 6.45) is 4.13. The van der Waals surface area contributed by atoms with Gasteiger partial charge in [0.2, 0.25) is 10.0 Å². The van der Waals surface area contributed by atoms with Gasteiger partial charge in [-0.1, -0.05) is 11.6 Å². The largest absolute Gasteiger partial charge is 0.453 e. The first-order chi connectivity index (χ1) is 17.6. The summed E-state index contributed by atoms with van der Waals surface area (Å²) in [5.74, 6) is 0.685. The molecule has 1 aliphatic rings. The molecule has 3 aromatic rings. The number of aromatic nitrogens is 4. The summed E-state index contributed by atoms with van der Waals surface area (Å²) < 4.78 is 45.9. The number of sulfonamides is 1. The van der Waals surface area contributed by atoms with Crippen LogP contribution in [0.15, 0.2) is 24.4 Å². The van der Waals surface area contributed by atoms with Crippen LogP contribution in [0.5, 0.6) is 0 Å². The lowest BCUT2D eigenvalue weighted by Crippen LogP contribution is -2.32. The minimum Gasteiger partial charge on any atom is -0.453 e. The Morgan fingerprint density at radius 2 is 2.08 bits per heavy atom. The molecule has 2 aromatic heterocycles. The van der Waals surface area contributed by atoms with Crippen molar-refractivity contribution in [3.05, 3.63) is 46.9 Å². The zero-order valence-electron chi connectivity index (χ0n) is 20.6. The molecule has 1 saturated carbocycles. The molecular weight excluding hydrogens is 523 g/mol. The van der Waals surface area contributed by atoms with E-state index in [2.05, 4.69) is 29.7 Å². The van der Waals surface area contributed by atoms with Crippen molar-refractivity contribution in [2.24, 2.45) is 0 Å². The second kappa shape index (κ2) is 11.0. The third-order valence-electron chi connectivity index (χ3n) is 5.94. The van der Waals surface area contributed by atoms with Crippen molar-refractivity contribution in [2.45, 2.75) is 51.5 Å². The molecule has 37 heavy (non-hydrogen) atoms. The van der Waals surface area contributed by atoms with Crippen LogP contribution in [0.25, 0.3) is 22.6 Å². The highest BCUT2D eigenvalue weighted by molar-refractivity contribution is 7.92. The van der Waals surface area contributed by atoms with Gasteiger partial charge >= 0.3 is 6.09 Å². The molecule has 1 amide bonds. The molecule has 4 rings (SSSR count). The number of H-pyrrole nitrogens is 1. The van der Waals surface area contributed by atoms with E-state index in [1.165, 1.54) is 20.1 Å². The van der Waals surface area contributed by atoms with Crippen LogP contribution in [-0.2, 0) is 21.2 Å². The molecule has 0 aliphatic heterocycles. The monoisotopic (exact) mass is 550 g/mol. The number of hydrogen-bond acceptors (Lipinski definition) is 7. The molecule has 1 aromatic carbocycles. The number of halogens is 2. The zero-order valence-corrected chi connectivity index (χ0v) is 22.2. The molecule has 3 N–H and O–H groups in total. The maximum absolute atomic E-state index is 14.6. The minimum atomic E-state index is -3.68. The summed E-state index contributed by atoms with van der Waals surface area (Å²) >= 11 is 6.59. The molecule has 1 aliphatic carbocycles. The van der Waals surface area contributed by atoms with Crippen molar-refractivity contribution in [1.29, 1.82) is 0 Å². The summed E-state index contributed by atoms with van der Waals surface area (Å²) in [6.45, 7) is 3.33. The highest BCUT2D eigenvalue weighted by Gasteiger charge is 2.30. The third kappa shape index (κ3) is 6.55. The van der Waals surface area contributed by atoms with Gasteiger partial charge in [0.05, 0.1) is 40.7 Å². The normalized spacial score (nSPS) is 14.3. The van der Waals surface area contributed by atoms with Crippen molar-refractivity contribution >= 4 is 33.4 Å². The van der Waals surface area contributed by atoms with Crippen molar-refractivity contribution < 1.29 is 22.3 Å².